The molecule has 1 aromatic carbocycles. The van der Waals surface area contributed by atoms with Crippen LogP contribution in [-0.4, -0.2) is 18.2 Å². The summed E-state index contributed by atoms with van der Waals surface area (Å²) in [5.41, 5.74) is 0.925. The van der Waals surface area contributed by atoms with Crippen molar-refractivity contribution in [1.82, 2.24) is 5.16 Å². The molecule has 1 N–H and O–H groups in total. The van der Waals surface area contributed by atoms with Crippen molar-refractivity contribution in [2.45, 2.75) is 39.0 Å². The Morgan fingerprint density at radius 3 is 2.65 bits per heavy atom. The molecule has 0 atom stereocenters. The van der Waals surface area contributed by atoms with E-state index in [2.05, 4.69) is 26.4 Å². The van der Waals surface area contributed by atoms with Gasteiger partial charge >= 0.3 is 0 Å². The van der Waals surface area contributed by atoms with Crippen LogP contribution in [0, 0.1) is 0 Å². The minimum atomic E-state index is -0.134. The predicted octanol–water partition coefficient (Wildman–Crippen LogP) is 4.31. The summed E-state index contributed by atoms with van der Waals surface area (Å²) in [7, 11) is 1.62. The molecule has 0 saturated carbocycles. The predicted molar refractivity (Wildman–Crippen MR) is 92.8 cm³/mol. The van der Waals surface area contributed by atoms with Crippen LogP contribution in [0.3, 0.4) is 0 Å². The van der Waals surface area contributed by atoms with Gasteiger partial charge in [-0.3, -0.25) is 4.79 Å². The van der Waals surface area contributed by atoms with Gasteiger partial charge in [0.25, 0.3) is 0 Å². The van der Waals surface area contributed by atoms with Crippen LogP contribution in [0.1, 0.15) is 38.5 Å². The Morgan fingerprint density at radius 1 is 1.35 bits per heavy atom. The Labute approximate surface area is 144 Å². The largest absolute Gasteiger partial charge is 0.496 e. The standard InChI is InChI=1S/C17H21BrN2O3/c1-17(2,3)14-10-15(20-23-14)19-16(21)8-6-11-5-7-13(22-4)12(18)9-11/h5,7,9-10H,6,8H2,1-4H3,(H,19,20,21). The lowest BCUT2D eigenvalue weighted by atomic mass is 9.93. The number of ether oxygens (including phenoxy) is 1. The maximum atomic E-state index is 12.0. The Balaban J connectivity index is 1.90. The quantitative estimate of drug-likeness (QED) is 0.838. The molecule has 5 nitrogen and oxygen atoms in total. The molecule has 6 heteroatoms. The van der Waals surface area contributed by atoms with Gasteiger partial charge in [-0.05, 0) is 40.0 Å². The molecule has 124 valence electrons. The zero-order valence-corrected chi connectivity index (χ0v) is 15.4. The summed E-state index contributed by atoms with van der Waals surface area (Å²) >= 11 is 3.44. The number of methoxy groups -OCH3 is 1. The summed E-state index contributed by atoms with van der Waals surface area (Å²) in [6.07, 6.45) is 1.01. The number of carbonyl (C=O) groups excluding carboxylic acids is 1. The Bertz CT molecular complexity index is 689. The highest BCUT2D eigenvalue weighted by atomic mass is 79.9. The maximum Gasteiger partial charge on any atom is 0.225 e. The van der Waals surface area contributed by atoms with E-state index < -0.39 is 0 Å². The maximum absolute atomic E-state index is 12.0. The summed E-state index contributed by atoms with van der Waals surface area (Å²) < 4.78 is 11.3. The van der Waals surface area contributed by atoms with Crippen LogP contribution in [-0.2, 0) is 16.6 Å². The third kappa shape index (κ3) is 4.82. The van der Waals surface area contributed by atoms with Gasteiger partial charge in [-0.1, -0.05) is 32.0 Å². The monoisotopic (exact) mass is 380 g/mol. The van der Waals surface area contributed by atoms with Crippen LogP contribution in [0.5, 0.6) is 5.75 Å². The smallest absolute Gasteiger partial charge is 0.225 e. The SMILES string of the molecule is COc1ccc(CCC(=O)Nc2cc(C(C)(C)C)on2)cc1Br. The third-order valence-electron chi connectivity index (χ3n) is 3.37. The van der Waals surface area contributed by atoms with Gasteiger partial charge in [-0.25, -0.2) is 0 Å². The van der Waals surface area contributed by atoms with Gasteiger partial charge in [0, 0.05) is 17.9 Å². The normalized spacial score (nSPS) is 11.3. The number of rotatable bonds is 5. The third-order valence-corrected chi connectivity index (χ3v) is 3.99. The average Bonchev–Trinajstić information content (AvgIpc) is 2.94. The molecule has 2 aromatic rings. The summed E-state index contributed by atoms with van der Waals surface area (Å²) in [6.45, 7) is 6.09. The number of amides is 1. The van der Waals surface area contributed by atoms with E-state index in [1.54, 1.807) is 13.2 Å². The number of hydrogen-bond acceptors (Lipinski definition) is 4. The molecule has 2 rings (SSSR count). The minimum Gasteiger partial charge on any atom is -0.496 e. The van der Waals surface area contributed by atoms with Crippen LogP contribution in [0.25, 0.3) is 0 Å². The van der Waals surface area contributed by atoms with E-state index >= 15 is 0 Å². The number of aromatic nitrogens is 1. The molecule has 0 spiro atoms. The van der Waals surface area contributed by atoms with Crippen LogP contribution in [0.2, 0.25) is 0 Å². The highest BCUT2D eigenvalue weighted by Gasteiger charge is 2.20. The van der Waals surface area contributed by atoms with Gasteiger partial charge in [0.15, 0.2) is 5.82 Å². The fourth-order valence-electron chi connectivity index (χ4n) is 2.02. The summed E-state index contributed by atoms with van der Waals surface area (Å²) in [5, 5.41) is 6.65. The molecule has 0 aliphatic heterocycles. The van der Waals surface area contributed by atoms with Crippen molar-refractivity contribution >= 4 is 27.7 Å². The van der Waals surface area contributed by atoms with Crippen LogP contribution >= 0.6 is 15.9 Å². The van der Waals surface area contributed by atoms with Gasteiger partial charge in [-0.2, -0.15) is 0 Å². The molecule has 0 aliphatic rings. The molecular formula is C17H21BrN2O3. The van der Waals surface area contributed by atoms with Crippen LogP contribution in [0.15, 0.2) is 33.3 Å². The first-order valence-electron chi connectivity index (χ1n) is 7.39. The van der Waals surface area contributed by atoms with E-state index in [1.165, 1.54) is 0 Å². The topological polar surface area (TPSA) is 64.4 Å². The number of nitrogens with zero attached hydrogens (tertiary/aromatic N) is 1. The minimum absolute atomic E-state index is 0.0919. The fraction of sp³-hybridized carbons (Fsp3) is 0.412. The molecule has 0 fully saturated rings. The van der Waals surface area contributed by atoms with Crippen molar-refractivity contribution in [2.75, 3.05) is 12.4 Å². The average molecular weight is 381 g/mol. The lowest BCUT2D eigenvalue weighted by molar-refractivity contribution is -0.116. The Kier molecular flexibility index (Phi) is 5.46. The Morgan fingerprint density at radius 2 is 2.09 bits per heavy atom. The first kappa shape index (κ1) is 17.5. The van der Waals surface area contributed by atoms with Crippen LogP contribution in [0.4, 0.5) is 5.82 Å². The van der Waals surface area contributed by atoms with Gasteiger partial charge in [0.05, 0.1) is 11.6 Å². The van der Waals surface area contributed by atoms with E-state index in [-0.39, 0.29) is 11.3 Å². The van der Waals surface area contributed by atoms with E-state index in [9.17, 15) is 4.79 Å². The van der Waals surface area contributed by atoms with Crippen molar-refractivity contribution in [2.24, 2.45) is 0 Å². The molecule has 0 radical (unpaired) electrons. The zero-order chi connectivity index (χ0) is 17.0. The van der Waals surface area contributed by atoms with Gasteiger partial charge < -0.3 is 14.6 Å². The molecule has 1 aromatic heterocycles. The lowest BCUT2D eigenvalue weighted by Gasteiger charge is -2.12. The van der Waals surface area contributed by atoms with E-state index in [4.69, 9.17) is 9.26 Å². The van der Waals surface area contributed by atoms with Gasteiger partial charge in [0.1, 0.15) is 11.5 Å². The fourth-order valence-corrected chi connectivity index (χ4v) is 2.60. The number of carbonyl (C=O) groups is 1. The van der Waals surface area contributed by atoms with Gasteiger partial charge in [0.2, 0.25) is 5.91 Å². The van der Waals surface area contributed by atoms with Gasteiger partial charge in [-0.15, -0.1) is 0 Å². The number of halogens is 1. The van der Waals surface area contributed by atoms with E-state index in [1.807, 2.05) is 39.0 Å². The summed E-state index contributed by atoms with van der Waals surface area (Å²) in [4.78, 5) is 12.0. The first-order chi connectivity index (χ1) is 10.8. The van der Waals surface area contributed by atoms with Crippen molar-refractivity contribution < 1.29 is 14.1 Å². The van der Waals surface area contributed by atoms with Crippen LogP contribution < -0.4 is 10.1 Å². The number of anilines is 1. The molecule has 0 aliphatic carbocycles. The summed E-state index contributed by atoms with van der Waals surface area (Å²) in [5.74, 6) is 1.88. The Hall–Kier alpha value is -1.82. The molecule has 1 amide bonds. The highest BCUT2D eigenvalue weighted by molar-refractivity contribution is 9.10. The first-order valence-corrected chi connectivity index (χ1v) is 8.18. The van der Waals surface area contributed by atoms with Crippen molar-refractivity contribution in [3.05, 3.63) is 40.1 Å². The number of hydrogen-bond donors (Lipinski definition) is 1. The number of nitrogens with one attached hydrogen (secondary N) is 1. The van der Waals surface area contributed by atoms with E-state index in [0.29, 0.717) is 18.7 Å². The molecule has 1 heterocycles. The highest BCUT2D eigenvalue weighted by Crippen LogP contribution is 2.26. The molecule has 0 unspecified atom stereocenters. The molecule has 23 heavy (non-hydrogen) atoms. The van der Waals surface area contributed by atoms with Crippen molar-refractivity contribution in [1.29, 1.82) is 0 Å². The zero-order valence-electron chi connectivity index (χ0n) is 13.8. The molecule has 0 bridgehead atoms. The number of benzene rings is 1. The van der Waals surface area contributed by atoms with Crippen molar-refractivity contribution in [3.63, 3.8) is 0 Å². The molecule has 0 saturated heterocycles. The van der Waals surface area contributed by atoms with E-state index in [0.717, 1.165) is 21.5 Å². The van der Waals surface area contributed by atoms with Crippen molar-refractivity contribution in [3.8, 4) is 5.75 Å². The summed E-state index contributed by atoms with van der Waals surface area (Å²) in [6, 6.07) is 7.55. The second kappa shape index (κ2) is 7.17. The number of aryl methyl sites for hydroxylation is 1. The second-order valence-corrected chi connectivity index (χ2v) is 7.20. The molecular weight excluding hydrogens is 360 g/mol. The second-order valence-electron chi connectivity index (χ2n) is 6.34. The lowest BCUT2D eigenvalue weighted by Crippen LogP contribution is -2.13.